The van der Waals surface area contributed by atoms with E-state index in [9.17, 15) is 0 Å². The average Bonchev–Trinajstić information content (AvgIpc) is 3.32. The first kappa shape index (κ1) is 19.2. The largest absolute Gasteiger partial charge is 0.493 e. The summed E-state index contributed by atoms with van der Waals surface area (Å²) < 4.78 is 11.8. The van der Waals surface area contributed by atoms with Crippen LogP contribution < -0.4 is 9.47 Å². The Balaban J connectivity index is 1.74. The van der Waals surface area contributed by atoms with Crippen molar-refractivity contribution in [3.05, 3.63) is 58.1 Å². The second-order valence-electron chi connectivity index (χ2n) is 9.92. The van der Waals surface area contributed by atoms with E-state index in [-0.39, 0.29) is 5.41 Å². The van der Waals surface area contributed by atoms with Crippen molar-refractivity contribution in [1.82, 2.24) is 0 Å². The number of benzene rings is 3. The summed E-state index contributed by atoms with van der Waals surface area (Å²) in [7, 11) is 1.76. The van der Waals surface area contributed by atoms with Crippen molar-refractivity contribution in [3.63, 3.8) is 0 Å². The third-order valence-corrected chi connectivity index (χ3v) is 8.15. The fourth-order valence-corrected chi connectivity index (χ4v) is 6.72. The van der Waals surface area contributed by atoms with Crippen LogP contribution in [0.3, 0.4) is 0 Å². The third kappa shape index (κ3) is 2.63. The molecule has 1 spiro atoms. The number of methoxy groups -OCH3 is 1. The summed E-state index contributed by atoms with van der Waals surface area (Å²) in [5, 5.41) is 2.75. The molecule has 160 valence electrons. The Kier molecular flexibility index (Phi) is 4.35. The molecule has 0 radical (unpaired) electrons. The molecule has 1 saturated carbocycles. The maximum Gasteiger partial charge on any atom is 0.165 e. The molecule has 2 nitrogen and oxygen atoms in total. The molecule has 0 N–H and O–H groups in total. The van der Waals surface area contributed by atoms with Crippen molar-refractivity contribution in [2.24, 2.45) is 0 Å². The van der Waals surface area contributed by atoms with E-state index in [1.807, 2.05) is 0 Å². The van der Waals surface area contributed by atoms with Crippen molar-refractivity contribution in [1.29, 1.82) is 0 Å². The van der Waals surface area contributed by atoms with Crippen LogP contribution in [0.15, 0.2) is 30.3 Å². The van der Waals surface area contributed by atoms with Gasteiger partial charge in [-0.25, -0.2) is 0 Å². The van der Waals surface area contributed by atoms with Crippen LogP contribution in [0.4, 0.5) is 0 Å². The maximum absolute atomic E-state index is 6.08. The molecule has 3 aromatic rings. The van der Waals surface area contributed by atoms with Crippen LogP contribution in [0.2, 0.25) is 0 Å². The van der Waals surface area contributed by atoms with Crippen LogP contribution in [-0.2, 0) is 11.8 Å². The second-order valence-corrected chi connectivity index (χ2v) is 9.92. The lowest BCUT2D eigenvalue weighted by Crippen LogP contribution is -2.26. The van der Waals surface area contributed by atoms with Gasteiger partial charge in [-0.15, -0.1) is 0 Å². The summed E-state index contributed by atoms with van der Waals surface area (Å²) >= 11 is 0. The minimum absolute atomic E-state index is 0.169. The van der Waals surface area contributed by atoms with Gasteiger partial charge in [-0.2, -0.15) is 0 Å². The van der Waals surface area contributed by atoms with E-state index in [1.165, 1.54) is 83.5 Å². The Morgan fingerprint density at radius 3 is 2.45 bits per heavy atom. The molecule has 0 bridgehead atoms. The van der Waals surface area contributed by atoms with Crippen molar-refractivity contribution >= 4 is 10.8 Å². The first-order valence-electron chi connectivity index (χ1n) is 12.1. The molecule has 1 aliphatic heterocycles. The lowest BCUT2D eigenvalue weighted by atomic mass is 9.69. The quantitative estimate of drug-likeness (QED) is 0.414. The first-order valence-corrected chi connectivity index (χ1v) is 12.1. The molecule has 31 heavy (non-hydrogen) atoms. The SMILES string of the molecule is COc1cc2c(C)cc3c(c2c2c1OCC2)-c1ccc(C)cc1C31CCCCCCC1. The number of rotatable bonds is 1. The summed E-state index contributed by atoms with van der Waals surface area (Å²) in [6.45, 7) is 5.29. The fourth-order valence-electron chi connectivity index (χ4n) is 6.72. The zero-order chi connectivity index (χ0) is 21.2. The Bertz CT molecular complexity index is 1200. The predicted molar refractivity (Wildman–Crippen MR) is 128 cm³/mol. The van der Waals surface area contributed by atoms with E-state index < -0.39 is 0 Å². The van der Waals surface area contributed by atoms with E-state index >= 15 is 0 Å². The van der Waals surface area contributed by atoms with Gasteiger partial charge in [0.25, 0.3) is 0 Å². The van der Waals surface area contributed by atoms with Crippen LogP contribution in [0.5, 0.6) is 11.5 Å². The molecule has 0 atom stereocenters. The molecule has 3 aromatic carbocycles. The molecule has 1 heterocycles. The van der Waals surface area contributed by atoms with Gasteiger partial charge in [0, 0.05) is 17.4 Å². The molecule has 1 fully saturated rings. The molecule has 0 aromatic heterocycles. The van der Waals surface area contributed by atoms with E-state index in [0.717, 1.165) is 24.5 Å². The van der Waals surface area contributed by atoms with Crippen LogP contribution in [0.25, 0.3) is 21.9 Å². The predicted octanol–water partition coefficient (Wildman–Crippen LogP) is 7.41. The highest BCUT2D eigenvalue weighted by Crippen LogP contribution is 2.59. The smallest absolute Gasteiger partial charge is 0.165 e. The Morgan fingerprint density at radius 2 is 1.68 bits per heavy atom. The zero-order valence-corrected chi connectivity index (χ0v) is 19.1. The van der Waals surface area contributed by atoms with Crippen LogP contribution >= 0.6 is 0 Å². The van der Waals surface area contributed by atoms with Gasteiger partial charge in [0.1, 0.15) is 0 Å². The molecule has 2 heteroatoms. The van der Waals surface area contributed by atoms with E-state index in [4.69, 9.17) is 9.47 Å². The standard InChI is InChI=1S/C29H32O2/c1-18-9-10-20-23(15-18)29(12-7-5-4-6-8-13-29)24-16-19(2)22-17-25(30-3)28-21(11-14-31-28)26(22)27(20)24/h9-10,15-17H,4-8,11-14H2,1-3H3. The molecular formula is C29H32O2. The van der Waals surface area contributed by atoms with Crippen molar-refractivity contribution in [2.45, 2.75) is 70.6 Å². The summed E-state index contributed by atoms with van der Waals surface area (Å²) in [4.78, 5) is 0. The van der Waals surface area contributed by atoms with Gasteiger partial charge >= 0.3 is 0 Å². The van der Waals surface area contributed by atoms with Gasteiger partial charge in [0.2, 0.25) is 0 Å². The molecule has 0 unspecified atom stereocenters. The lowest BCUT2D eigenvalue weighted by Gasteiger charge is -2.34. The van der Waals surface area contributed by atoms with Crippen LogP contribution in [0.1, 0.15) is 72.8 Å². The lowest BCUT2D eigenvalue weighted by molar-refractivity contribution is 0.326. The van der Waals surface area contributed by atoms with Gasteiger partial charge in [-0.1, -0.05) is 61.9 Å². The molecule has 0 amide bonds. The van der Waals surface area contributed by atoms with Crippen LogP contribution in [-0.4, -0.2) is 13.7 Å². The minimum Gasteiger partial charge on any atom is -0.493 e. The summed E-state index contributed by atoms with van der Waals surface area (Å²) in [6.07, 6.45) is 10.3. The molecular weight excluding hydrogens is 380 g/mol. The summed E-state index contributed by atoms with van der Waals surface area (Å²) in [5.41, 5.74) is 10.4. The Hall–Kier alpha value is -2.48. The highest BCUT2D eigenvalue weighted by molar-refractivity contribution is 6.07. The molecule has 6 rings (SSSR count). The van der Waals surface area contributed by atoms with Gasteiger partial charge < -0.3 is 9.47 Å². The Morgan fingerprint density at radius 1 is 0.903 bits per heavy atom. The maximum atomic E-state index is 6.08. The monoisotopic (exact) mass is 412 g/mol. The molecule has 3 aliphatic rings. The van der Waals surface area contributed by atoms with Crippen molar-refractivity contribution in [2.75, 3.05) is 13.7 Å². The van der Waals surface area contributed by atoms with Gasteiger partial charge in [0.05, 0.1) is 13.7 Å². The van der Waals surface area contributed by atoms with Crippen LogP contribution in [0, 0.1) is 13.8 Å². The highest BCUT2D eigenvalue weighted by atomic mass is 16.5. The summed E-state index contributed by atoms with van der Waals surface area (Å²) in [6, 6.07) is 11.9. The fraction of sp³-hybridized carbons (Fsp3) is 0.448. The van der Waals surface area contributed by atoms with Gasteiger partial charge in [-0.05, 0) is 71.3 Å². The van der Waals surface area contributed by atoms with E-state index in [0.29, 0.717) is 0 Å². The number of ether oxygens (including phenoxy) is 2. The topological polar surface area (TPSA) is 18.5 Å². The number of hydrogen-bond acceptors (Lipinski definition) is 2. The van der Waals surface area contributed by atoms with E-state index in [1.54, 1.807) is 18.2 Å². The highest BCUT2D eigenvalue weighted by Gasteiger charge is 2.44. The molecule has 2 aliphatic carbocycles. The number of hydrogen-bond donors (Lipinski definition) is 0. The molecule has 0 saturated heterocycles. The first-order chi connectivity index (χ1) is 15.1. The number of aryl methyl sites for hydroxylation is 2. The van der Waals surface area contributed by atoms with Crippen molar-refractivity contribution in [3.8, 4) is 22.6 Å². The van der Waals surface area contributed by atoms with Crippen molar-refractivity contribution < 1.29 is 9.47 Å². The second kappa shape index (κ2) is 7.02. The summed E-state index contributed by atoms with van der Waals surface area (Å²) in [5.74, 6) is 1.85. The van der Waals surface area contributed by atoms with Gasteiger partial charge in [-0.3, -0.25) is 0 Å². The third-order valence-electron chi connectivity index (χ3n) is 8.15. The number of fused-ring (bicyclic) bond motifs is 9. The zero-order valence-electron chi connectivity index (χ0n) is 19.1. The minimum atomic E-state index is 0.169. The Labute approximate surface area is 185 Å². The van der Waals surface area contributed by atoms with Gasteiger partial charge in [0.15, 0.2) is 11.5 Å². The normalized spacial score (nSPS) is 18.8. The average molecular weight is 413 g/mol. The van der Waals surface area contributed by atoms with E-state index in [2.05, 4.69) is 44.2 Å².